The Balaban J connectivity index is 2.94. The Morgan fingerprint density at radius 3 is 2.63 bits per heavy atom. The van der Waals surface area contributed by atoms with Crippen LogP contribution in [0.4, 0.5) is 5.69 Å². The molecule has 0 bridgehead atoms. The standard InChI is InChI=1S/C12H19ClN2O3S/c1-3-7-12(2,16)8-15-19(17,18)11-9(13)5-4-6-10(11)14/h4-6,15-16H,3,7-8,14H2,1-2H3. The maximum absolute atomic E-state index is 12.1. The predicted octanol–water partition coefficient (Wildman–Crippen LogP) is 1.75. The van der Waals surface area contributed by atoms with Crippen molar-refractivity contribution in [3.05, 3.63) is 23.2 Å². The van der Waals surface area contributed by atoms with E-state index in [-0.39, 0.29) is 22.2 Å². The zero-order chi connectivity index (χ0) is 14.7. The van der Waals surface area contributed by atoms with Crippen molar-refractivity contribution < 1.29 is 13.5 Å². The van der Waals surface area contributed by atoms with Gasteiger partial charge >= 0.3 is 0 Å². The number of benzene rings is 1. The minimum Gasteiger partial charge on any atom is -0.398 e. The molecule has 1 aromatic rings. The van der Waals surface area contributed by atoms with Gasteiger partial charge in [-0.05, 0) is 25.5 Å². The van der Waals surface area contributed by atoms with Crippen molar-refractivity contribution in [2.24, 2.45) is 0 Å². The number of nitrogens with one attached hydrogen (secondary N) is 1. The molecule has 0 aliphatic heterocycles. The molecule has 0 saturated carbocycles. The van der Waals surface area contributed by atoms with Crippen LogP contribution >= 0.6 is 11.6 Å². The fourth-order valence-electron chi connectivity index (χ4n) is 1.76. The number of halogens is 1. The number of hydrogen-bond acceptors (Lipinski definition) is 4. The largest absolute Gasteiger partial charge is 0.398 e. The first-order valence-electron chi connectivity index (χ1n) is 5.95. The summed E-state index contributed by atoms with van der Waals surface area (Å²) in [6, 6.07) is 4.49. The zero-order valence-corrected chi connectivity index (χ0v) is 12.6. The second-order valence-corrected chi connectivity index (χ2v) is 6.84. The zero-order valence-electron chi connectivity index (χ0n) is 11.0. The lowest BCUT2D eigenvalue weighted by molar-refractivity contribution is 0.0554. The van der Waals surface area contributed by atoms with Crippen LogP contribution in [0, 0.1) is 0 Å². The summed E-state index contributed by atoms with van der Waals surface area (Å²) < 4.78 is 26.6. The minimum atomic E-state index is -3.84. The number of sulfonamides is 1. The van der Waals surface area contributed by atoms with Gasteiger partial charge < -0.3 is 10.8 Å². The van der Waals surface area contributed by atoms with Gasteiger partial charge in [-0.25, -0.2) is 13.1 Å². The van der Waals surface area contributed by atoms with Gasteiger partial charge in [0.1, 0.15) is 4.90 Å². The Bertz CT molecular complexity index is 524. The molecule has 0 radical (unpaired) electrons. The SMILES string of the molecule is CCCC(C)(O)CNS(=O)(=O)c1c(N)cccc1Cl. The van der Waals surface area contributed by atoms with Gasteiger partial charge in [0.25, 0.3) is 0 Å². The molecular weight excluding hydrogens is 288 g/mol. The van der Waals surface area contributed by atoms with Crippen LogP contribution in [0.25, 0.3) is 0 Å². The van der Waals surface area contributed by atoms with Crippen LogP contribution in [0.2, 0.25) is 5.02 Å². The van der Waals surface area contributed by atoms with E-state index < -0.39 is 15.6 Å². The van der Waals surface area contributed by atoms with E-state index in [1.54, 1.807) is 13.0 Å². The second-order valence-electron chi connectivity index (χ2n) is 4.73. The summed E-state index contributed by atoms with van der Waals surface area (Å²) >= 11 is 5.86. The molecule has 1 unspecified atom stereocenters. The molecule has 0 saturated heterocycles. The fraction of sp³-hybridized carbons (Fsp3) is 0.500. The number of nitrogens with two attached hydrogens (primary N) is 1. The molecule has 1 aromatic carbocycles. The average molecular weight is 307 g/mol. The van der Waals surface area contributed by atoms with E-state index in [0.29, 0.717) is 6.42 Å². The summed E-state index contributed by atoms with van der Waals surface area (Å²) in [6.45, 7) is 3.40. The van der Waals surface area contributed by atoms with Crippen LogP contribution in [0.3, 0.4) is 0 Å². The monoisotopic (exact) mass is 306 g/mol. The van der Waals surface area contributed by atoms with Gasteiger partial charge in [0.2, 0.25) is 10.0 Å². The Labute approximate surface area is 118 Å². The van der Waals surface area contributed by atoms with Gasteiger partial charge in [-0.2, -0.15) is 0 Å². The Morgan fingerprint density at radius 1 is 1.47 bits per heavy atom. The van der Waals surface area contributed by atoms with Crippen LogP contribution in [-0.4, -0.2) is 25.7 Å². The summed E-state index contributed by atoms with van der Waals surface area (Å²) in [6.07, 6.45) is 1.25. The number of anilines is 1. The molecule has 4 N–H and O–H groups in total. The average Bonchev–Trinajstić information content (AvgIpc) is 2.26. The lowest BCUT2D eigenvalue weighted by Crippen LogP contribution is -2.40. The van der Waals surface area contributed by atoms with Crippen molar-refractivity contribution in [3.8, 4) is 0 Å². The third kappa shape index (κ3) is 4.35. The summed E-state index contributed by atoms with van der Waals surface area (Å²) in [7, 11) is -3.84. The van der Waals surface area contributed by atoms with Gasteiger partial charge in [-0.3, -0.25) is 0 Å². The number of nitrogen functional groups attached to an aromatic ring is 1. The summed E-state index contributed by atoms with van der Waals surface area (Å²) in [5.74, 6) is 0. The molecule has 19 heavy (non-hydrogen) atoms. The number of rotatable bonds is 6. The molecule has 0 heterocycles. The van der Waals surface area contributed by atoms with E-state index >= 15 is 0 Å². The normalized spacial score (nSPS) is 15.2. The van der Waals surface area contributed by atoms with Crippen LogP contribution in [-0.2, 0) is 10.0 Å². The number of aliphatic hydroxyl groups is 1. The van der Waals surface area contributed by atoms with E-state index in [1.807, 2.05) is 6.92 Å². The Morgan fingerprint density at radius 2 is 2.11 bits per heavy atom. The summed E-state index contributed by atoms with van der Waals surface area (Å²) in [5.41, 5.74) is 4.62. The fourth-order valence-corrected chi connectivity index (χ4v) is 3.59. The van der Waals surface area contributed by atoms with Gasteiger partial charge in [0, 0.05) is 6.54 Å². The van der Waals surface area contributed by atoms with E-state index in [9.17, 15) is 13.5 Å². The molecule has 0 aromatic heterocycles. The first kappa shape index (κ1) is 16.2. The molecule has 5 nitrogen and oxygen atoms in total. The van der Waals surface area contributed by atoms with Crippen LogP contribution in [0.15, 0.2) is 23.1 Å². The summed E-state index contributed by atoms with van der Waals surface area (Å²) in [5, 5.41) is 10.0. The molecule has 0 aliphatic carbocycles. The third-order valence-electron chi connectivity index (χ3n) is 2.70. The van der Waals surface area contributed by atoms with Crippen molar-refractivity contribution in [2.45, 2.75) is 37.2 Å². The molecule has 7 heteroatoms. The minimum absolute atomic E-state index is 0.0580. The van der Waals surface area contributed by atoms with Crippen LogP contribution < -0.4 is 10.5 Å². The smallest absolute Gasteiger partial charge is 0.244 e. The molecule has 108 valence electrons. The van der Waals surface area contributed by atoms with Crippen molar-refractivity contribution in [2.75, 3.05) is 12.3 Å². The predicted molar refractivity (Wildman–Crippen MR) is 76.6 cm³/mol. The van der Waals surface area contributed by atoms with Crippen molar-refractivity contribution in [1.82, 2.24) is 4.72 Å². The van der Waals surface area contributed by atoms with Crippen molar-refractivity contribution >= 4 is 27.3 Å². The Hall–Kier alpha value is -0.820. The Kier molecular flexibility index (Phi) is 5.20. The molecule has 0 fully saturated rings. The molecule has 1 rings (SSSR count). The van der Waals surface area contributed by atoms with Crippen LogP contribution in [0.1, 0.15) is 26.7 Å². The lowest BCUT2D eigenvalue weighted by Gasteiger charge is -2.23. The molecule has 1 atom stereocenters. The van der Waals surface area contributed by atoms with Crippen molar-refractivity contribution in [1.29, 1.82) is 0 Å². The second kappa shape index (κ2) is 6.09. The topological polar surface area (TPSA) is 92.4 Å². The highest BCUT2D eigenvalue weighted by atomic mass is 35.5. The maximum atomic E-state index is 12.1. The van der Waals surface area contributed by atoms with Gasteiger partial charge in [-0.1, -0.05) is 31.0 Å². The highest BCUT2D eigenvalue weighted by Gasteiger charge is 2.26. The lowest BCUT2D eigenvalue weighted by atomic mass is 10.0. The quantitative estimate of drug-likeness (QED) is 0.698. The van der Waals surface area contributed by atoms with E-state index in [4.69, 9.17) is 17.3 Å². The first-order chi connectivity index (χ1) is 8.69. The van der Waals surface area contributed by atoms with Gasteiger partial charge in [0.05, 0.1) is 16.3 Å². The number of hydrogen-bond donors (Lipinski definition) is 3. The van der Waals surface area contributed by atoms with Crippen molar-refractivity contribution in [3.63, 3.8) is 0 Å². The van der Waals surface area contributed by atoms with Gasteiger partial charge in [-0.15, -0.1) is 0 Å². The molecule has 0 aliphatic rings. The van der Waals surface area contributed by atoms with Gasteiger partial charge in [0.15, 0.2) is 0 Å². The molecule has 0 amide bonds. The van der Waals surface area contributed by atoms with E-state index in [2.05, 4.69) is 4.72 Å². The molecular formula is C12H19ClN2O3S. The van der Waals surface area contributed by atoms with Crippen LogP contribution in [0.5, 0.6) is 0 Å². The first-order valence-corrected chi connectivity index (χ1v) is 7.82. The van der Waals surface area contributed by atoms with E-state index in [1.165, 1.54) is 12.1 Å². The highest BCUT2D eigenvalue weighted by molar-refractivity contribution is 7.89. The van der Waals surface area contributed by atoms with E-state index in [0.717, 1.165) is 6.42 Å². The third-order valence-corrected chi connectivity index (χ3v) is 4.64. The maximum Gasteiger partial charge on any atom is 0.244 e. The molecule has 0 spiro atoms. The summed E-state index contributed by atoms with van der Waals surface area (Å²) in [4.78, 5) is -0.149. The highest BCUT2D eigenvalue weighted by Crippen LogP contribution is 2.27.